The second-order valence-corrected chi connectivity index (χ2v) is 6.01. The maximum absolute atomic E-state index is 12.3. The summed E-state index contributed by atoms with van der Waals surface area (Å²) in [4.78, 5) is 26.0. The second-order valence-electron chi connectivity index (χ2n) is 4.72. The fraction of sp³-hybridized carbons (Fsp3) is 0.400. The number of hydrogen-bond acceptors (Lipinski definition) is 4. The van der Waals surface area contributed by atoms with Crippen molar-refractivity contribution in [3.63, 3.8) is 0 Å². The van der Waals surface area contributed by atoms with Crippen molar-refractivity contribution in [2.75, 3.05) is 0 Å². The lowest BCUT2D eigenvalue weighted by Gasteiger charge is -2.18. The first-order chi connectivity index (χ1) is 9.13. The van der Waals surface area contributed by atoms with E-state index in [1.165, 1.54) is 11.3 Å². The molecular formula is C15H15NO2S. The van der Waals surface area contributed by atoms with Crippen molar-refractivity contribution in [3.05, 3.63) is 34.0 Å². The molecule has 0 aromatic carbocycles. The number of Topliss-reactive ketones (excluding diaryl/α,β-unsaturated/α-hetero) is 2. The molecule has 0 N–H and O–H groups in total. The average molecular weight is 273 g/mol. The Bertz CT molecular complexity index is 565. The quantitative estimate of drug-likeness (QED) is 0.480. The van der Waals surface area contributed by atoms with Crippen molar-refractivity contribution in [3.8, 4) is 6.07 Å². The van der Waals surface area contributed by atoms with E-state index in [9.17, 15) is 9.59 Å². The molecule has 2 rings (SSSR count). The van der Waals surface area contributed by atoms with Crippen LogP contribution in [-0.2, 0) is 4.79 Å². The Kier molecular flexibility index (Phi) is 4.28. The van der Waals surface area contributed by atoms with Gasteiger partial charge in [0.1, 0.15) is 0 Å². The smallest absolute Gasteiger partial charge is 0.197 e. The van der Waals surface area contributed by atoms with E-state index >= 15 is 0 Å². The van der Waals surface area contributed by atoms with E-state index in [1.807, 2.05) is 31.2 Å². The average Bonchev–Trinajstić information content (AvgIpc) is 2.87. The van der Waals surface area contributed by atoms with Gasteiger partial charge in [0.05, 0.1) is 10.9 Å². The fourth-order valence-corrected chi connectivity index (χ4v) is 3.09. The normalized spacial score (nSPS) is 19.7. The third kappa shape index (κ3) is 2.99. The van der Waals surface area contributed by atoms with Crippen LogP contribution < -0.4 is 0 Å². The number of nitriles is 1. The number of rotatable bonds is 4. The van der Waals surface area contributed by atoms with Gasteiger partial charge in [-0.2, -0.15) is 5.26 Å². The van der Waals surface area contributed by atoms with Crippen molar-refractivity contribution in [1.82, 2.24) is 0 Å². The standard InChI is InChI=1S/C15H15NO2S/c1-10-7-8-13(19-10)15(18)12(9-16)14(17)11-5-3-2-4-6-11/h2-3,7-8,11-12H,4-6H2,1H3/t11-,12-/m1/s1. The van der Waals surface area contributed by atoms with E-state index in [-0.39, 0.29) is 17.5 Å². The second kappa shape index (κ2) is 5.94. The van der Waals surface area contributed by atoms with E-state index in [4.69, 9.17) is 5.26 Å². The third-order valence-corrected chi connectivity index (χ3v) is 4.35. The number of hydrogen-bond donors (Lipinski definition) is 0. The molecule has 0 fully saturated rings. The SMILES string of the molecule is Cc1ccc(C(=O)[C@H](C#N)C(=O)[C@@H]2CC=CCC2)s1. The highest BCUT2D eigenvalue weighted by atomic mass is 32.1. The number of allylic oxidation sites excluding steroid dienone is 2. The molecule has 0 saturated heterocycles. The van der Waals surface area contributed by atoms with Crippen molar-refractivity contribution in [2.24, 2.45) is 11.8 Å². The van der Waals surface area contributed by atoms with Crippen LogP contribution in [0.25, 0.3) is 0 Å². The summed E-state index contributed by atoms with van der Waals surface area (Å²) < 4.78 is 0. The molecule has 19 heavy (non-hydrogen) atoms. The molecule has 98 valence electrons. The van der Waals surface area contributed by atoms with E-state index < -0.39 is 5.92 Å². The van der Waals surface area contributed by atoms with Gasteiger partial charge in [0, 0.05) is 10.8 Å². The lowest BCUT2D eigenvalue weighted by molar-refractivity contribution is -0.124. The molecule has 0 unspecified atom stereocenters. The number of aryl methyl sites for hydroxylation is 1. The van der Waals surface area contributed by atoms with Gasteiger partial charge in [-0.15, -0.1) is 11.3 Å². The molecule has 2 atom stereocenters. The highest BCUT2D eigenvalue weighted by Crippen LogP contribution is 2.26. The zero-order valence-electron chi connectivity index (χ0n) is 10.8. The van der Waals surface area contributed by atoms with Crippen LogP contribution in [0.1, 0.15) is 33.8 Å². The van der Waals surface area contributed by atoms with E-state index in [1.54, 1.807) is 6.07 Å². The predicted molar refractivity (Wildman–Crippen MR) is 74.0 cm³/mol. The molecule has 0 spiro atoms. The van der Waals surface area contributed by atoms with Gasteiger partial charge in [0.15, 0.2) is 17.5 Å². The van der Waals surface area contributed by atoms with E-state index in [0.717, 1.165) is 17.7 Å². The van der Waals surface area contributed by atoms with Gasteiger partial charge in [-0.1, -0.05) is 12.2 Å². The van der Waals surface area contributed by atoms with Gasteiger partial charge < -0.3 is 0 Å². The van der Waals surface area contributed by atoms with Gasteiger partial charge >= 0.3 is 0 Å². The molecule has 0 bridgehead atoms. The first kappa shape index (κ1) is 13.7. The number of carbonyl (C=O) groups excluding carboxylic acids is 2. The van der Waals surface area contributed by atoms with Gasteiger partial charge in [-0.3, -0.25) is 9.59 Å². The Hall–Kier alpha value is -1.73. The molecule has 0 radical (unpaired) electrons. The van der Waals surface area contributed by atoms with Crippen LogP contribution in [0.3, 0.4) is 0 Å². The molecule has 3 nitrogen and oxygen atoms in total. The maximum atomic E-state index is 12.3. The van der Waals surface area contributed by atoms with Crippen LogP contribution in [-0.4, -0.2) is 11.6 Å². The molecule has 1 aromatic rings. The fourth-order valence-electron chi connectivity index (χ4n) is 2.25. The molecule has 0 saturated carbocycles. The summed E-state index contributed by atoms with van der Waals surface area (Å²) in [6, 6.07) is 5.42. The van der Waals surface area contributed by atoms with Crippen LogP contribution >= 0.6 is 11.3 Å². The maximum Gasteiger partial charge on any atom is 0.197 e. The molecule has 0 aliphatic heterocycles. The molecule has 0 amide bonds. The van der Waals surface area contributed by atoms with Crippen molar-refractivity contribution in [2.45, 2.75) is 26.2 Å². The minimum Gasteiger partial charge on any atom is -0.297 e. The Balaban J connectivity index is 2.16. The van der Waals surface area contributed by atoms with Gasteiger partial charge in [0.25, 0.3) is 0 Å². The number of ketones is 2. The van der Waals surface area contributed by atoms with Gasteiger partial charge in [0.2, 0.25) is 0 Å². The summed E-state index contributed by atoms with van der Waals surface area (Å²) in [7, 11) is 0. The van der Waals surface area contributed by atoms with Crippen LogP contribution in [0.4, 0.5) is 0 Å². The summed E-state index contributed by atoms with van der Waals surface area (Å²) in [6.07, 6.45) is 6.23. The number of carbonyl (C=O) groups is 2. The Labute approximate surface area is 116 Å². The third-order valence-electron chi connectivity index (χ3n) is 3.33. The summed E-state index contributed by atoms with van der Waals surface area (Å²) in [6.45, 7) is 1.90. The summed E-state index contributed by atoms with van der Waals surface area (Å²) in [5.74, 6) is -1.89. The molecule has 4 heteroatoms. The van der Waals surface area contributed by atoms with Gasteiger partial charge in [-0.05, 0) is 38.3 Å². The van der Waals surface area contributed by atoms with Crippen molar-refractivity contribution < 1.29 is 9.59 Å². The summed E-state index contributed by atoms with van der Waals surface area (Å²) in [5, 5.41) is 9.16. The molecule has 1 aliphatic rings. The highest BCUT2D eigenvalue weighted by molar-refractivity contribution is 7.14. The largest absolute Gasteiger partial charge is 0.297 e. The van der Waals surface area contributed by atoms with Crippen LogP contribution in [0.2, 0.25) is 0 Å². The van der Waals surface area contributed by atoms with Crippen LogP contribution in [0.5, 0.6) is 0 Å². The molecule has 1 heterocycles. The van der Waals surface area contributed by atoms with Crippen molar-refractivity contribution >= 4 is 22.9 Å². The monoisotopic (exact) mass is 273 g/mol. The summed E-state index contributed by atoms with van der Waals surface area (Å²) in [5.41, 5.74) is 0. The number of thiophene rings is 1. The minimum absolute atomic E-state index is 0.181. The number of nitrogens with zero attached hydrogens (tertiary/aromatic N) is 1. The van der Waals surface area contributed by atoms with Crippen molar-refractivity contribution in [1.29, 1.82) is 5.26 Å². The lowest BCUT2D eigenvalue weighted by atomic mass is 9.83. The molecule has 1 aromatic heterocycles. The van der Waals surface area contributed by atoms with E-state index in [2.05, 4.69) is 0 Å². The van der Waals surface area contributed by atoms with Gasteiger partial charge in [-0.25, -0.2) is 0 Å². The Morgan fingerprint density at radius 2 is 2.21 bits per heavy atom. The molecule has 1 aliphatic carbocycles. The van der Waals surface area contributed by atoms with Crippen LogP contribution in [0, 0.1) is 30.1 Å². The summed E-state index contributed by atoms with van der Waals surface area (Å²) >= 11 is 1.34. The Morgan fingerprint density at radius 3 is 2.74 bits per heavy atom. The van der Waals surface area contributed by atoms with Crippen LogP contribution in [0.15, 0.2) is 24.3 Å². The first-order valence-corrected chi connectivity index (χ1v) is 7.14. The zero-order valence-corrected chi connectivity index (χ0v) is 11.6. The molecular weight excluding hydrogens is 258 g/mol. The zero-order chi connectivity index (χ0) is 13.8. The lowest BCUT2D eigenvalue weighted by Crippen LogP contribution is -2.29. The Morgan fingerprint density at radius 1 is 1.42 bits per heavy atom. The predicted octanol–water partition coefficient (Wildman–Crippen LogP) is 3.30. The first-order valence-electron chi connectivity index (χ1n) is 6.32. The minimum atomic E-state index is -1.14. The highest BCUT2D eigenvalue weighted by Gasteiger charge is 2.33. The van der Waals surface area contributed by atoms with E-state index in [0.29, 0.717) is 11.3 Å². The topological polar surface area (TPSA) is 57.9 Å².